The fourth-order valence-electron chi connectivity index (χ4n) is 2.47. The lowest BCUT2D eigenvalue weighted by molar-refractivity contribution is 0.347. The fourth-order valence-corrected chi connectivity index (χ4v) is 2.47. The van der Waals surface area contributed by atoms with E-state index in [0.717, 1.165) is 17.8 Å². The molecule has 0 aliphatic heterocycles. The summed E-state index contributed by atoms with van der Waals surface area (Å²) >= 11 is 0. The lowest BCUT2D eigenvalue weighted by atomic mass is 10.1. The molecule has 0 spiro atoms. The van der Waals surface area contributed by atoms with E-state index in [0.29, 0.717) is 36.3 Å². The Balaban J connectivity index is 0.00000364. The molecule has 0 aliphatic carbocycles. The Bertz CT molecular complexity index is 749. The van der Waals surface area contributed by atoms with Crippen molar-refractivity contribution in [1.29, 1.82) is 0 Å². The van der Waals surface area contributed by atoms with E-state index < -0.39 is 0 Å². The van der Waals surface area contributed by atoms with Crippen LogP contribution in [0.2, 0.25) is 0 Å². The number of nitrogens with zero attached hydrogens (tertiary/aromatic N) is 3. The number of hydrogen-bond donors (Lipinski definition) is 2. The van der Waals surface area contributed by atoms with E-state index in [2.05, 4.69) is 20.7 Å². The molecule has 2 aromatic rings. The predicted octanol–water partition coefficient (Wildman–Crippen LogP) is 2.32. The molecule has 0 unspecified atom stereocenters. The Morgan fingerprint density at radius 1 is 1.07 bits per heavy atom. The number of halogens is 1. The highest BCUT2D eigenvalue weighted by Crippen LogP contribution is 2.34. The summed E-state index contributed by atoms with van der Waals surface area (Å²) in [6.45, 7) is 3.86. The Labute approximate surface area is 177 Å². The predicted molar refractivity (Wildman–Crippen MR) is 116 cm³/mol. The number of hydrogen-bond acceptors (Lipinski definition) is 5. The molecule has 0 amide bonds. The minimum atomic E-state index is 0. The van der Waals surface area contributed by atoms with Crippen molar-refractivity contribution in [1.82, 2.24) is 20.4 Å². The van der Waals surface area contributed by atoms with Crippen molar-refractivity contribution in [2.75, 3.05) is 27.9 Å². The minimum Gasteiger partial charge on any atom is -0.496 e. The zero-order valence-electron chi connectivity index (χ0n) is 16.4. The molecule has 0 radical (unpaired) electrons. The second-order valence-electron chi connectivity index (χ2n) is 5.51. The number of aliphatic imine (C=N–C) groups is 1. The standard InChI is InChI=1S/C18H27N5O3.HI/c1-6-19-18(21-12-14-7-8-22-23(14)2)20-11-13-9-16(25-4)17(26-5)10-15(13)24-3;/h7-10H,6,11-12H2,1-5H3,(H2,19,20,21);1H. The van der Waals surface area contributed by atoms with Gasteiger partial charge in [-0.3, -0.25) is 4.68 Å². The van der Waals surface area contributed by atoms with Gasteiger partial charge in [-0.25, -0.2) is 4.99 Å². The van der Waals surface area contributed by atoms with Gasteiger partial charge < -0.3 is 24.8 Å². The third-order valence-electron chi connectivity index (χ3n) is 3.90. The molecule has 150 valence electrons. The van der Waals surface area contributed by atoms with E-state index >= 15 is 0 Å². The number of aromatic nitrogens is 2. The van der Waals surface area contributed by atoms with Gasteiger partial charge in [-0.15, -0.1) is 24.0 Å². The molecule has 0 aliphatic rings. The van der Waals surface area contributed by atoms with E-state index in [-0.39, 0.29) is 24.0 Å². The molecule has 0 bridgehead atoms. The number of nitrogens with one attached hydrogen (secondary N) is 2. The van der Waals surface area contributed by atoms with E-state index in [1.54, 1.807) is 33.6 Å². The zero-order valence-corrected chi connectivity index (χ0v) is 18.7. The topological polar surface area (TPSA) is 81.9 Å². The van der Waals surface area contributed by atoms with Crippen molar-refractivity contribution < 1.29 is 14.2 Å². The molecule has 9 heteroatoms. The van der Waals surface area contributed by atoms with Gasteiger partial charge in [0.1, 0.15) is 5.75 Å². The smallest absolute Gasteiger partial charge is 0.191 e. The number of rotatable bonds is 8. The molecule has 0 saturated heterocycles. The third-order valence-corrected chi connectivity index (χ3v) is 3.90. The quantitative estimate of drug-likeness (QED) is 0.337. The van der Waals surface area contributed by atoms with Gasteiger partial charge in [0.15, 0.2) is 17.5 Å². The van der Waals surface area contributed by atoms with Gasteiger partial charge >= 0.3 is 0 Å². The normalized spacial score (nSPS) is 10.8. The number of methoxy groups -OCH3 is 3. The number of aryl methyl sites for hydroxylation is 1. The first-order valence-corrected chi connectivity index (χ1v) is 8.40. The van der Waals surface area contributed by atoms with E-state index in [1.807, 2.05) is 30.8 Å². The second kappa shape index (κ2) is 11.5. The first-order chi connectivity index (χ1) is 12.6. The molecule has 0 atom stereocenters. The second-order valence-corrected chi connectivity index (χ2v) is 5.51. The van der Waals surface area contributed by atoms with Gasteiger partial charge in [0, 0.05) is 31.4 Å². The Kier molecular flexibility index (Phi) is 9.76. The van der Waals surface area contributed by atoms with Crippen molar-refractivity contribution in [2.24, 2.45) is 12.0 Å². The monoisotopic (exact) mass is 489 g/mol. The Morgan fingerprint density at radius 3 is 2.30 bits per heavy atom. The van der Waals surface area contributed by atoms with Crippen LogP contribution in [0.4, 0.5) is 0 Å². The molecule has 1 aromatic heterocycles. The highest BCUT2D eigenvalue weighted by molar-refractivity contribution is 14.0. The van der Waals surface area contributed by atoms with Crippen LogP contribution in [0.25, 0.3) is 0 Å². The molecule has 1 aromatic carbocycles. The summed E-state index contributed by atoms with van der Waals surface area (Å²) in [6.07, 6.45) is 1.77. The highest BCUT2D eigenvalue weighted by atomic mass is 127. The van der Waals surface area contributed by atoms with Gasteiger partial charge in [0.25, 0.3) is 0 Å². The molecular weight excluding hydrogens is 461 g/mol. The van der Waals surface area contributed by atoms with Gasteiger partial charge in [0.2, 0.25) is 0 Å². The van der Waals surface area contributed by atoms with Crippen LogP contribution in [0.15, 0.2) is 29.4 Å². The molecule has 27 heavy (non-hydrogen) atoms. The lowest BCUT2D eigenvalue weighted by Crippen LogP contribution is -2.37. The van der Waals surface area contributed by atoms with Crippen LogP contribution in [-0.2, 0) is 20.1 Å². The third kappa shape index (κ3) is 6.19. The number of guanidine groups is 1. The summed E-state index contributed by atoms with van der Waals surface area (Å²) in [4.78, 5) is 4.64. The molecule has 0 fully saturated rings. The summed E-state index contributed by atoms with van der Waals surface area (Å²) in [6, 6.07) is 5.65. The molecule has 0 saturated carbocycles. The fraction of sp³-hybridized carbons (Fsp3) is 0.444. The van der Waals surface area contributed by atoms with Crippen LogP contribution in [0, 0.1) is 0 Å². The maximum atomic E-state index is 5.46. The molecular formula is C18H28IN5O3. The maximum absolute atomic E-state index is 5.46. The summed E-state index contributed by atoms with van der Waals surface area (Å²) in [5.41, 5.74) is 1.97. The molecule has 2 rings (SSSR count). The first kappa shape index (κ1) is 22.9. The minimum absolute atomic E-state index is 0. The van der Waals surface area contributed by atoms with Crippen LogP contribution in [0.5, 0.6) is 17.2 Å². The summed E-state index contributed by atoms with van der Waals surface area (Å²) in [5.74, 6) is 2.68. The lowest BCUT2D eigenvalue weighted by Gasteiger charge is -2.14. The van der Waals surface area contributed by atoms with Crippen molar-refractivity contribution in [2.45, 2.75) is 20.0 Å². The SMILES string of the molecule is CCNC(=NCc1cc(OC)c(OC)cc1OC)NCc1ccnn1C.I. The maximum Gasteiger partial charge on any atom is 0.191 e. The molecule has 2 N–H and O–H groups in total. The first-order valence-electron chi connectivity index (χ1n) is 8.40. The zero-order chi connectivity index (χ0) is 18.9. The van der Waals surface area contributed by atoms with Crippen LogP contribution >= 0.6 is 24.0 Å². The van der Waals surface area contributed by atoms with E-state index in [4.69, 9.17) is 14.2 Å². The Morgan fingerprint density at radius 2 is 1.74 bits per heavy atom. The molecule has 1 heterocycles. The average Bonchev–Trinajstić information content (AvgIpc) is 3.08. The van der Waals surface area contributed by atoms with Crippen molar-refractivity contribution in [3.8, 4) is 17.2 Å². The van der Waals surface area contributed by atoms with Crippen molar-refractivity contribution in [3.05, 3.63) is 35.7 Å². The largest absolute Gasteiger partial charge is 0.496 e. The van der Waals surface area contributed by atoms with Crippen molar-refractivity contribution in [3.63, 3.8) is 0 Å². The summed E-state index contributed by atoms with van der Waals surface area (Å²) in [7, 11) is 6.74. The number of benzene rings is 1. The van der Waals surface area contributed by atoms with E-state index in [1.165, 1.54) is 0 Å². The van der Waals surface area contributed by atoms with Gasteiger partial charge in [-0.05, 0) is 19.1 Å². The van der Waals surface area contributed by atoms with E-state index in [9.17, 15) is 0 Å². The van der Waals surface area contributed by atoms with Crippen LogP contribution < -0.4 is 24.8 Å². The van der Waals surface area contributed by atoms with Crippen LogP contribution in [0.3, 0.4) is 0 Å². The van der Waals surface area contributed by atoms with Crippen molar-refractivity contribution >= 4 is 29.9 Å². The summed E-state index contributed by atoms with van der Waals surface area (Å²) < 4.78 is 18.0. The van der Waals surface area contributed by atoms with Crippen LogP contribution in [0.1, 0.15) is 18.2 Å². The summed E-state index contributed by atoms with van der Waals surface area (Å²) in [5, 5.41) is 10.7. The highest BCUT2D eigenvalue weighted by Gasteiger charge is 2.12. The molecule has 8 nitrogen and oxygen atoms in total. The Hall–Kier alpha value is -2.17. The van der Waals surface area contributed by atoms with Gasteiger partial charge in [-0.2, -0.15) is 5.10 Å². The average molecular weight is 489 g/mol. The van der Waals surface area contributed by atoms with Gasteiger partial charge in [-0.1, -0.05) is 0 Å². The van der Waals surface area contributed by atoms with Crippen LogP contribution in [-0.4, -0.2) is 43.6 Å². The number of ether oxygens (including phenoxy) is 3. The van der Waals surface area contributed by atoms with Gasteiger partial charge in [0.05, 0.1) is 40.1 Å².